The average Bonchev–Trinajstić information content (AvgIpc) is 2.89. The third-order valence-electron chi connectivity index (χ3n) is 3.88. The van der Waals surface area contributed by atoms with Crippen LogP contribution in [-0.2, 0) is 6.42 Å². The zero-order valence-electron chi connectivity index (χ0n) is 11.8. The van der Waals surface area contributed by atoms with Gasteiger partial charge in [-0.3, -0.25) is 4.79 Å². The smallest absolute Gasteiger partial charge is 0.251 e. The van der Waals surface area contributed by atoms with Crippen molar-refractivity contribution >= 4 is 23.2 Å². The summed E-state index contributed by atoms with van der Waals surface area (Å²) in [7, 11) is 1.64. The molecule has 21 heavy (non-hydrogen) atoms. The molecule has 0 aromatic heterocycles. The molecule has 3 rings (SSSR count). The molecule has 0 spiro atoms. The summed E-state index contributed by atoms with van der Waals surface area (Å²) in [4.78, 5) is 11.7. The molecule has 0 radical (unpaired) electrons. The van der Waals surface area contributed by atoms with E-state index < -0.39 is 0 Å². The van der Waals surface area contributed by atoms with Crippen LogP contribution in [0.25, 0.3) is 0 Å². The molecule has 0 saturated heterocycles. The van der Waals surface area contributed by atoms with E-state index in [9.17, 15) is 4.79 Å². The zero-order valence-corrected chi connectivity index (χ0v) is 12.6. The van der Waals surface area contributed by atoms with E-state index in [1.165, 1.54) is 11.1 Å². The van der Waals surface area contributed by atoms with E-state index in [-0.39, 0.29) is 11.9 Å². The Morgan fingerprint density at radius 1 is 1.24 bits per heavy atom. The lowest BCUT2D eigenvalue weighted by Gasteiger charge is -2.16. The van der Waals surface area contributed by atoms with Gasteiger partial charge in [-0.15, -0.1) is 0 Å². The molecule has 2 aromatic rings. The highest BCUT2D eigenvalue weighted by molar-refractivity contribution is 6.30. The number of carbonyl (C=O) groups is 1. The van der Waals surface area contributed by atoms with Crippen molar-refractivity contribution in [2.24, 2.45) is 0 Å². The number of nitrogens with one attached hydrogen (secondary N) is 2. The second kappa shape index (κ2) is 5.78. The van der Waals surface area contributed by atoms with Gasteiger partial charge >= 0.3 is 0 Å². The first kappa shape index (κ1) is 14.0. The second-order valence-corrected chi connectivity index (χ2v) is 5.68. The number of rotatable bonds is 3. The molecular weight excluding hydrogens is 284 g/mol. The highest BCUT2D eigenvalue weighted by atomic mass is 35.5. The van der Waals surface area contributed by atoms with E-state index in [1.54, 1.807) is 7.05 Å². The number of amides is 1. The van der Waals surface area contributed by atoms with Crippen LogP contribution in [0.2, 0.25) is 5.02 Å². The van der Waals surface area contributed by atoms with Gasteiger partial charge < -0.3 is 10.6 Å². The van der Waals surface area contributed by atoms with Gasteiger partial charge in [0.15, 0.2) is 0 Å². The molecule has 0 bridgehead atoms. The highest BCUT2D eigenvalue weighted by Gasteiger charge is 2.22. The standard InChI is InChI=1S/C17H17ClN2O/c1-19-17(21)12-3-2-4-14(10-12)20-16-8-5-11-9-13(18)6-7-15(11)16/h2-4,6-7,9-10,16,20H,5,8H2,1H3,(H,19,21). The van der Waals surface area contributed by atoms with E-state index in [2.05, 4.69) is 16.7 Å². The summed E-state index contributed by atoms with van der Waals surface area (Å²) in [6.45, 7) is 0. The van der Waals surface area contributed by atoms with Crippen molar-refractivity contribution in [3.63, 3.8) is 0 Å². The van der Waals surface area contributed by atoms with Crippen molar-refractivity contribution in [3.05, 3.63) is 64.2 Å². The van der Waals surface area contributed by atoms with Crippen LogP contribution in [0.4, 0.5) is 5.69 Å². The Labute approximate surface area is 129 Å². The Bertz CT molecular complexity index is 684. The predicted molar refractivity (Wildman–Crippen MR) is 86.0 cm³/mol. The van der Waals surface area contributed by atoms with Crippen molar-refractivity contribution in [3.8, 4) is 0 Å². The van der Waals surface area contributed by atoms with Crippen LogP contribution in [0, 0.1) is 0 Å². The monoisotopic (exact) mass is 300 g/mol. The molecule has 2 N–H and O–H groups in total. The number of aryl methyl sites for hydroxylation is 1. The first-order valence-corrected chi connectivity index (χ1v) is 7.42. The molecular formula is C17H17ClN2O. The van der Waals surface area contributed by atoms with Gasteiger partial charge in [-0.1, -0.05) is 23.7 Å². The van der Waals surface area contributed by atoms with Crippen molar-refractivity contribution < 1.29 is 4.79 Å². The Balaban J connectivity index is 1.81. The Kier molecular flexibility index (Phi) is 3.84. The number of fused-ring (bicyclic) bond motifs is 1. The third-order valence-corrected chi connectivity index (χ3v) is 4.11. The van der Waals surface area contributed by atoms with Crippen molar-refractivity contribution in [1.82, 2.24) is 5.32 Å². The van der Waals surface area contributed by atoms with E-state index in [0.717, 1.165) is 23.6 Å². The number of benzene rings is 2. The molecule has 0 saturated carbocycles. The molecule has 4 heteroatoms. The number of halogens is 1. The van der Waals surface area contributed by atoms with Crippen LogP contribution >= 0.6 is 11.6 Å². The molecule has 1 amide bonds. The summed E-state index contributed by atoms with van der Waals surface area (Å²) in [6.07, 6.45) is 2.07. The van der Waals surface area contributed by atoms with E-state index in [0.29, 0.717) is 5.56 Å². The number of anilines is 1. The first-order valence-electron chi connectivity index (χ1n) is 7.04. The molecule has 2 aromatic carbocycles. The highest BCUT2D eigenvalue weighted by Crippen LogP contribution is 2.35. The molecule has 0 heterocycles. The molecule has 1 aliphatic carbocycles. The normalized spacial score (nSPS) is 16.4. The summed E-state index contributed by atoms with van der Waals surface area (Å²) in [5.74, 6) is -0.0720. The quantitative estimate of drug-likeness (QED) is 0.905. The van der Waals surface area contributed by atoms with Gasteiger partial charge in [0.1, 0.15) is 0 Å². The van der Waals surface area contributed by atoms with Gasteiger partial charge in [-0.05, 0) is 54.3 Å². The van der Waals surface area contributed by atoms with E-state index in [1.807, 2.05) is 36.4 Å². The fourth-order valence-corrected chi connectivity index (χ4v) is 3.03. The fourth-order valence-electron chi connectivity index (χ4n) is 2.83. The SMILES string of the molecule is CNC(=O)c1cccc(NC2CCc3cc(Cl)ccc32)c1. The minimum absolute atomic E-state index is 0.0720. The minimum Gasteiger partial charge on any atom is -0.378 e. The molecule has 3 nitrogen and oxygen atoms in total. The lowest BCUT2D eigenvalue weighted by molar-refractivity contribution is 0.0963. The molecule has 0 fully saturated rings. The summed E-state index contributed by atoms with van der Waals surface area (Å²) < 4.78 is 0. The second-order valence-electron chi connectivity index (χ2n) is 5.24. The van der Waals surface area contributed by atoms with E-state index >= 15 is 0 Å². The number of carbonyl (C=O) groups excluding carboxylic acids is 1. The van der Waals surface area contributed by atoms with Crippen molar-refractivity contribution in [1.29, 1.82) is 0 Å². The third kappa shape index (κ3) is 2.88. The summed E-state index contributed by atoms with van der Waals surface area (Å²) in [6, 6.07) is 13.9. The first-order chi connectivity index (χ1) is 10.2. The predicted octanol–water partition coefficient (Wildman–Crippen LogP) is 3.80. The molecule has 108 valence electrons. The maximum absolute atomic E-state index is 11.7. The Hall–Kier alpha value is -2.00. The lowest BCUT2D eigenvalue weighted by Crippen LogP contribution is -2.18. The van der Waals surface area contributed by atoms with Crippen molar-refractivity contribution in [2.75, 3.05) is 12.4 Å². The Morgan fingerprint density at radius 2 is 2.10 bits per heavy atom. The largest absolute Gasteiger partial charge is 0.378 e. The lowest BCUT2D eigenvalue weighted by atomic mass is 10.1. The van der Waals surface area contributed by atoms with Gasteiger partial charge in [0.25, 0.3) is 5.91 Å². The van der Waals surface area contributed by atoms with Crippen LogP contribution in [0.1, 0.15) is 33.9 Å². The van der Waals surface area contributed by atoms with Gasteiger partial charge in [0.2, 0.25) is 0 Å². The zero-order chi connectivity index (χ0) is 14.8. The summed E-state index contributed by atoms with van der Waals surface area (Å²) >= 11 is 6.04. The number of hydrogen-bond acceptors (Lipinski definition) is 2. The van der Waals surface area contributed by atoms with E-state index in [4.69, 9.17) is 11.6 Å². The summed E-state index contributed by atoms with van der Waals surface area (Å²) in [5, 5.41) is 6.94. The maximum atomic E-state index is 11.7. The average molecular weight is 301 g/mol. The topological polar surface area (TPSA) is 41.1 Å². The molecule has 0 aliphatic heterocycles. The van der Waals surface area contributed by atoms with Crippen LogP contribution in [-0.4, -0.2) is 13.0 Å². The van der Waals surface area contributed by atoms with Crippen molar-refractivity contribution in [2.45, 2.75) is 18.9 Å². The van der Waals surface area contributed by atoms with Crippen LogP contribution in [0.3, 0.4) is 0 Å². The van der Waals surface area contributed by atoms with Gasteiger partial charge in [0.05, 0.1) is 6.04 Å². The van der Waals surface area contributed by atoms with Crippen LogP contribution in [0.15, 0.2) is 42.5 Å². The Morgan fingerprint density at radius 3 is 2.90 bits per heavy atom. The summed E-state index contributed by atoms with van der Waals surface area (Å²) in [5.41, 5.74) is 4.23. The molecule has 1 aliphatic rings. The van der Waals surface area contributed by atoms with Gasteiger partial charge in [-0.2, -0.15) is 0 Å². The minimum atomic E-state index is -0.0720. The maximum Gasteiger partial charge on any atom is 0.251 e. The van der Waals surface area contributed by atoms with Gasteiger partial charge in [0, 0.05) is 23.3 Å². The molecule has 1 unspecified atom stereocenters. The fraction of sp³-hybridized carbons (Fsp3) is 0.235. The molecule has 1 atom stereocenters. The number of hydrogen-bond donors (Lipinski definition) is 2. The van der Waals surface area contributed by atoms with Gasteiger partial charge in [-0.25, -0.2) is 0 Å². The van der Waals surface area contributed by atoms with Crippen LogP contribution in [0.5, 0.6) is 0 Å². The van der Waals surface area contributed by atoms with Crippen LogP contribution < -0.4 is 10.6 Å².